The second-order valence-electron chi connectivity index (χ2n) is 7.38. The van der Waals surface area contributed by atoms with Gasteiger partial charge in [-0.25, -0.2) is 0 Å². The van der Waals surface area contributed by atoms with E-state index in [2.05, 4.69) is 25.0 Å². The molecule has 0 aliphatic carbocycles. The van der Waals surface area contributed by atoms with Crippen LogP contribution in [0, 0.1) is 24.5 Å². The number of carbonyl (C=O) groups excluding carboxylic acids is 1. The van der Waals surface area contributed by atoms with Crippen molar-refractivity contribution in [3.8, 4) is 5.75 Å². The van der Waals surface area contributed by atoms with E-state index in [-0.39, 0.29) is 11.8 Å². The molecule has 1 aromatic heterocycles. The standard InChI is InChI=1S/C19H27N5O2S/c1-13-4-5-16(10-14(13)2)26-11-17-21-24(19(27)22(17)3)12-23-8-6-15(7-9-23)18(20)25/h4-5,10,15H,6-9,11-12H2,1-3H3,(H2,20,25)/p+1. The highest BCUT2D eigenvalue weighted by Crippen LogP contribution is 2.17. The molecule has 0 atom stereocenters. The lowest BCUT2D eigenvalue weighted by Crippen LogP contribution is -3.12. The Hall–Kier alpha value is -2.19. The van der Waals surface area contributed by atoms with Crippen LogP contribution < -0.4 is 15.4 Å². The summed E-state index contributed by atoms with van der Waals surface area (Å²) in [5.41, 5.74) is 7.86. The molecule has 2 heterocycles. The molecule has 0 radical (unpaired) electrons. The minimum atomic E-state index is -0.186. The second kappa shape index (κ2) is 8.22. The smallest absolute Gasteiger partial charge is 0.220 e. The number of primary amides is 1. The SMILES string of the molecule is Cc1ccc(OCc2nn(C[NH+]3CCC(C(N)=O)CC3)c(=S)n2C)cc1C. The first-order chi connectivity index (χ1) is 12.8. The molecule has 1 aliphatic heterocycles. The lowest BCUT2D eigenvalue weighted by molar-refractivity contribution is -0.928. The van der Waals surface area contributed by atoms with Crippen molar-refractivity contribution in [2.75, 3.05) is 13.1 Å². The normalized spacial score (nSPS) is 19.8. The minimum absolute atomic E-state index is 0.00683. The summed E-state index contributed by atoms with van der Waals surface area (Å²) < 4.78 is 10.3. The number of nitrogens with zero attached hydrogens (tertiary/aromatic N) is 3. The van der Waals surface area contributed by atoms with Crippen LogP contribution in [-0.2, 0) is 25.1 Å². The molecular weight excluding hydrogens is 362 g/mol. The third kappa shape index (κ3) is 4.56. The summed E-state index contributed by atoms with van der Waals surface area (Å²) in [4.78, 5) is 12.7. The van der Waals surface area contributed by atoms with E-state index in [1.807, 2.05) is 28.4 Å². The average Bonchev–Trinajstić information content (AvgIpc) is 2.91. The largest absolute Gasteiger partial charge is 0.486 e. The number of likely N-dealkylation sites (tertiary alicyclic amines) is 1. The molecule has 1 saturated heterocycles. The van der Waals surface area contributed by atoms with Crippen LogP contribution in [0.1, 0.15) is 29.8 Å². The van der Waals surface area contributed by atoms with Gasteiger partial charge >= 0.3 is 0 Å². The Kier molecular flexibility index (Phi) is 5.96. The average molecular weight is 391 g/mol. The van der Waals surface area contributed by atoms with Crippen molar-refractivity contribution in [3.63, 3.8) is 0 Å². The Labute approximate surface area is 164 Å². The molecule has 0 bridgehead atoms. The van der Waals surface area contributed by atoms with E-state index in [0.717, 1.165) is 37.5 Å². The summed E-state index contributed by atoms with van der Waals surface area (Å²) in [5, 5.41) is 4.65. The first kappa shape index (κ1) is 19.6. The Balaban J connectivity index is 1.63. The highest BCUT2D eigenvalue weighted by Gasteiger charge is 2.26. The van der Waals surface area contributed by atoms with Crippen LogP contribution in [0.3, 0.4) is 0 Å². The number of benzene rings is 1. The quantitative estimate of drug-likeness (QED) is 0.718. The van der Waals surface area contributed by atoms with Gasteiger partial charge in [0.05, 0.1) is 13.1 Å². The van der Waals surface area contributed by atoms with Crippen LogP contribution >= 0.6 is 12.2 Å². The van der Waals surface area contributed by atoms with Gasteiger partial charge < -0.3 is 19.9 Å². The molecule has 3 N–H and O–H groups in total. The van der Waals surface area contributed by atoms with E-state index in [1.165, 1.54) is 16.0 Å². The van der Waals surface area contributed by atoms with Gasteiger partial charge in [0, 0.05) is 25.8 Å². The number of amides is 1. The number of carbonyl (C=O) groups is 1. The maximum Gasteiger partial charge on any atom is 0.220 e. The third-order valence-corrected chi connectivity index (χ3v) is 5.93. The molecule has 1 amide bonds. The van der Waals surface area contributed by atoms with Crippen LogP contribution in [0.15, 0.2) is 18.2 Å². The number of hydrogen-bond acceptors (Lipinski definition) is 4. The second-order valence-corrected chi connectivity index (χ2v) is 7.74. The van der Waals surface area contributed by atoms with Gasteiger partial charge in [0.1, 0.15) is 12.4 Å². The lowest BCUT2D eigenvalue weighted by atomic mass is 9.97. The summed E-state index contributed by atoms with van der Waals surface area (Å²) in [7, 11) is 1.92. The zero-order chi connectivity index (χ0) is 19.6. The van der Waals surface area contributed by atoms with Gasteiger partial charge in [-0.1, -0.05) is 6.07 Å². The van der Waals surface area contributed by atoms with Crippen molar-refractivity contribution >= 4 is 18.1 Å². The van der Waals surface area contributed by atoms with E-state index < -0.39 is 0 Å². The molecule has 27 heavy (non-hydrogen) atoms. The van der Waals surface area contributed by atoms with Crippen LogP contribution in [0.2, 0.25) is 0 Å². The van der Waals surface area contributed by atoms with Crippen molar-refractivity contribution in [2.24, 2.45) is 18.7 Å². The van der Waals surface area contributed by atoms with E-state index in [0.29, 0.717) is 18.0 Å². The van der Waals surface area contributed by atoms with Crippen molar-refractivity contribution in [2.45, 2.75) is 40.0 Å². The van der Waals surface area contributed by atoms with Gasteiger partial charge in [-0.2, -0.15) is 4.68 Å². The van der Waals surface area contributed by atoms with Gasteiger partial charge in [-0.05, 0) is 49.3 Å². The van der Waals surface area contributed by atoms with Gasteiger partial charge in [-0.15, -0.1) is 5.10 Å². The first-order valence-electron chi connectivity index (χ1n) is 9.31. The molecule has 8 heteroatoms. The summed E-state index contributed by atoms with van der Waals surface area (Å²) >= 11 is 5.54. The predicted octanol–water partition coefficient (Wildman–Crippen LogP) is 0.885. The maximum atomic E-state index is 11.3. The Morgan fingerprint density at radius 3 is 2.67 bits per heavy atom. The monoisotopic (exact) mass is 390 g/mol. The van der Waals surface area contributed by atoms with E-state index in [1.54, 1.807) is 0 Å². The fourth-order valence-corrected chi connectivity index (χ4v) is 3.60. The summed E-state index contributed by atoms with van der Waals surface area (Å²) in [5.74, 6) is 1.45. The van der Waals surface area contributed by atoms with Crippen LogP contribution in [0.25, 0.3) is 0 Å². The number of ether oxygens (including phenoxy) is 1. The fourth-order valence-electron chi connectivity index (χ4n) is 3.39. The third-order valence-electron chi connectivity index (χ3n) is 5.45. The summed E-state index contributed by atoms with van der Waals surface area (Å²) in [6, 6.07) is 6.07. The first-order valence-corrected chi connectivity index (χ1v) is 9.71. The molecule has 7 nitrogen and oxygen atoms in total. The van der Waals surface area contributed by atoms with Crippen molar-refractivity contribution in [1.82, 2.24) is 14.3 Å². The molecule has 0 unspecified atom stereocenters. The summed E-state index contributed by atoms with van der Waals surface area (Å²) in [6.07, 6.45) is 1.65. The van der Waals surface area contributed by atoms with Crippen LogP contribution in [0.5, 0.6) is 5.75 Å². The van der Waals surface area contributed by atoms with Crippen molar-refractivity contribution < 1.29 is 14.4 Å². The Morgan fingerprint density at radius 1 is 1.33 bits per heavy atom. The molecule has 0 saturated carbocycles. The lowest BCUT2D eigenvalue weighted by Gasteiger charge is -2.27. The van der Waals surface area contributed by atoms with E-state index in [9.17, 15) is 4.79 Å². The molecular formula is C19H28N5O2S+. The number of nitrogens with one attached hydrogen (secondary N) is 1. The molecule has 1 aliphatic rings. The summed E-state index contributed by atoms with van der Waals surface area (Å²) in [6.45, 7) is 7.03. The minimum Gasteiger partial charge on any atom is -0.486 e. The zero-order valence-corrected chi connectivity index (χ0v) is 17.0. The number of hydrogen-bond donors (Lipinski definition) is 2. The topological polar surface area (TPSA) is 79.5 Å². The number of aromatic nitrogens is 3. The number of nitrogens with two attached hydrogens (primary N) is 1. The molecule has 0 spiro atoms. The predicted molar refractivity (Wildman–Crippen MR) is 105 cm³/mol. The molecule has 2 aromatic rings. The number of quaternary nitrogens is 1. The van der Waals surface area contributed by atoms with Crippen molar-refractivity contribution in [3.05, 3.63) is 39.9 Å². The number of aryl methyl sites for hydroxylation is 2. The molecule has 146 valence electrons. The maximum absolute atomic E-state index is 11.3. The van der Waals surface area contributed by atoms with Crippen LogP contribution in [0.4, 0.5) is 0 Å². The van der Waals surface area contributed by atoms with Gasteiger partial charge in [-0.3, -0.25) is 4.79 Å². The highest BCUT2D eigenvalue weighted by molar-refractivity contribution is 7.71. The molecule has 1 fully saturated rings. The van der Waals surface area contributed by atoms with Gasteiger partial charge in [0.15, 0.2) is 12.5 Å². The van der Waals surface area contributed by atoms with Gasteiger partial charge in [0.2, 0.25) is 10.7 Å². The van der Waals surface area contributed by atoms with E-state index >= 15 is 0 Å². The molecule has 3 rings (SSSR count). The van der Waals surface area contributed by atoms with Crippen molar-refractivity contribution in [1.29, 1.82) is 0 Å². The Bertz CT molecular complexity index is 881. The van der Waals surface area contributed by atoms with Crippen LogP contribution in [-0.4, -0.2) is 33.3 Å². The van der Waals surface area contributed by atoms with E-state index in [4.69, 9.17) is 22.7 Å². The number of rotatable bonds is 6. The van der Waals surface area contributed by atoms with Gasteiger partial charge in [0.25, 0.3) is 0 Å². The fraction of sp³-hybridized carbons (Fsp3) is 0.526. The highest BCUT2D eigenvalue weighted by atomic mass is 32.1. The Morgan fingerprint density at radius 2 is 2.04 bits per heavy atom. The zero-order valence-electron chi connectivity index (χ0n) is 16.2. The number of piperidine rings is 1. The molecule has 1 aromatic carbocycles.